The standard InChI is InChI=1S/C15H22N2O3/c1-12(18)9-14-11-16(7-8-17(14)15(19)20)10-13-5-3-2-4-6-13/h2-6,12,14,18H,7-11H2,1H3,(H,19,20). The van der Waals surface area contributed by atoms with Gasteiger partial charge in [-0.25, -0.2) is 4.79 Å². The van der Waals surface area contributed by atoms with Crippen molar-refractivity contribution >= 4 is 6.09 Å². The number of aliphatic hydroxyl groups is 1. The van der Waals surface area contributed by atoms with E-state index in [0.29, 0.717) is 19.5 Å². The molecule has 20 heavy (non-hydrogen) atoms. The third-order valence-electron chi connectivity index (χ3n) is 3.67. The first-order chi connectivity index (χ1) is 9.56. The van der Waals surface area contributed by atoms with Crippen molar-refractivity contribution in [3.63, 3.8) is 0 Å². The third kappa shape index (κ3) is 3.95. The van der Waals surface area contributed by atoms with E-state index in [1.54, 1.807) is 6.92 Å². The first-order valence-electron chi connectivity index (χ1n) is 7.00. The molecule has 5 nitrogen and oxygen atoms in total. The van der Waals surface area contributed by atoms with Gasteiger partial charge in [-0.1, -0.05) is 30.3 Å². The highest BCUT2D eigenvalue weighted by atomic mass is 16.4. The molecule has 0 bridgehead atoms. The molecule has 2 unspecified atom stereocenters. The van der Waals surface area contributed by atoms with Gasteiger partial charge in [0.2, 0.25) is 0 Å². The number of carboxylic acid groups (broad SMARTS) is 1. The number of aliphatic hydroxyl groups excluding tert-OH is 1. The maximum absolute atomic E-state index is 11.2. The van der Waals surface area contributed by atoms with Crippen LogP contribution in [0, 0.1) is 0 Å². The van der Waals surface area contributed by atoms with E-state index in [9.17, 15) is 15.0 Å². The van der Waals surface area contributed by atoms with Crippen molar-refractivity contribution in [2.75, 3.05) is 19.6 Å². The summed E-state index contributed by atoms with van der Waals surface area (Å²) < 4.78 is 0. The molecule has 2 N–H and O–H groups in total. The van der Waals surface area contributed by atoms with Crippen LogP contribution in [0.4, 0.5) is 4.79 Å². The van der Waals surface area contributed by atoms with Crippen molar-refractivity contribution in [1.82, 2.24) is 9.80 Å². The molecule has 1 aliphatic rings. The van der Waals surface area contributed by atoms with E-state index in [1.165, 1.54) is 10.5 Å². The summed E-state index contributed by atoms with van der Waals surface area (Å²) in [7, 11) is 0. The van der Waals surface area contributed by atoms with E-state index in [0.717, 1.165) is 13.1 Å². The number of benzene rings is 1. The van der Waals surface area contributed by atoms with E-state index >= 15 is 0 Å². The Bertz CT molecular complexity index is 436. The Morgan fingerprint density at radius 3 is 2.65 bits per heavy atom. The molecule has 1 aromatic carbocycles. The maximum Gasteiger partial charge on any atom is 0.407 e. The van der Waals surface area contributed by atoms with E-state index in [1.807, 2.05) is 18.2 Å². The zero-order valence-electron chi connectivity index (χ0n) is 11.8. The lowest BCUT2D eigenvalue weighted by atomic mass is 10.0. The van der Waals surface area contributed by atoms with E-state index in [4.69, 9.17) is 0 Å². The number of hydrogen-bond donors (Lipinski definition) is 2. The number of carbonyl (C=O) groups is 1. The molecule has 0 radical (unpaired) electrons. The highest BCUT2D eigenvalue weighted by Crippen LogP contribution is 2.17. The van der Waals surface area contributed by atoms with Crippen LogP contribution in [0.25, 0.3) is 0 Å². The first-order valence-corrected chi connectivity index (χ1v) is 7.00. The normalized spacial score (nSPS) is 21.7. The average Bonchev–Trinajstić information content (AvgIpc) is 2.39. The molecule has 2 rings (SSSR count). The smallest absolute Gasteiger partial charge is 0.407 e. The summed E-state index contributed by atoms with van der Waals surface area (Å²) in [5.74, 6) is 0. The van der Waals surface area contributed by atoms with Gasteiger partial charge in [0, 0.05) is 26.2 Å². The summed E-state index contributed by atoms with van der Waals surface area (Å²) >= 11 is 0. The van der Waals surface area contributed by atoms with Gasteiger partial charge < -0.3 is 15.1 Å². The molecule has 1 saturated heterocycles. The molecule has 110 valence electrons. The zero-order valence-corrected chi connectivity index (χ0v) is 11.8. The largest absolute Gasteiger partial charge is 0.465 e. The minimum absolute atomic E-state index is 0.134. The third-order valence-corrected chi connectivity index (χ3v) is 3.67. The van der Waals surface area contributed by atoms with Crippen LogP contribution >= 0.6 is 0 Å². The minimum atomic E-state index is -0.894. The van der Waals surface area contributed by atoms with Crippen LogP contribution in [0.3, 0.4) is 0 Å². The fraction of sp³-hybridized carbons (Fsp3) is 0.533. The van der Waals surface area contributed by atoms with E-state index in [-0.39, 0.29) is 6.04 Å². The van der Waals surface area contributed by atoms with Crippen LogP contribution in [0.5, 0.6) is 0 Å². The highest BCUT2D eigenvalue weighted by Gasteiger charge is 2.30. The molecule has 1 aliphatic heterocycles. The topological polar surface area (TPSA) is 64.0 Å². The lowest BCUT2D eigenvalue weighted by Gasteiger charge is -2.40. The number of piperazine rings is 1. The van der Waals surface area contributed by atoms with Crippen LogP contribution < -0.4 is 0 Å². The Labute approximate surface area is 119 Å². The Kier molecular flexibility index (Phi) is 4.98. The van der Waals surface area contributed by atoms with Crippen LogP contribution in [-0.2, 0) is 6.54 Å². The maximum atomic E-state index is 11.2. The lowest BCUT2D eigenvalue weighted by molar-refractivity contribution is 0.0412. The molecule has 0 aromatic heterocycles. The van der Waals surface area contributed by atoms with Crippen LogP contribution in [0.15, 0.2) is 30.3 Å². The van der Waals surface area contributed by atoms with Gasteiger partial charge in [0.25, 0.3) is 0 Å². The van der Waals surface area contributed by atoms with Gasteiger partial charge in [-0.2, -0.15) is 0 Å². The summed E-state index contributed by atoms with van der Waals surface area (Å²) in [6, 6.07) is 10.0. The van der Waals surface area contributed by atoms with Crippen LogP contribution in [0.1, 0.15) is 18.9 Å². The summed E-state index contributed by atoms with van der Waals surface area (Å²) in [5.41, 5.74) is 1.23. The molecule has 1 aromatic rings. The number of nitrogens with zero attached hydrogens (tertiary/aromatic N) is 2. The Morgan fingerprint density at radius 2 is 2.05 bits per heavy atom. The van der Waals surface area contributed by atoms with Crippen molar-refractivity contribution in [2.45, 2.75) is 32.0 Å². The summed E-state index contributed by atoms with van der Waals surface area (Å²) in [4.78, 5) is 14.9. The molecule has 0 saturated carbocycles. The zero-order chi connectivity index (χ0) is 14.5. The van der Waals surface area contributed by atoms with Gasteiger partial charge in [-0.05, 0) is 18.9 Å². The molecule has 5 heteroatoms. The van der Waals surface area contributed by atoms with Crippen molar-refractivity contribution in [3.8, 4) is 0 Å². The number of rotatable bonds is 4. The fourth-order valence-corrected chi connectivity index (χ4v) is 2.75. The Balaban J connectivity index is 1.99. The SMILES string of the molecule is CC(O)CC1CN(Cc2ccccc2)CCN1C(=O)O. The summed E-state index contributed by atoms with van der Waals surface area (Å²) in [5, 5.41) is 18.8. The molecule has 1 amide bonds. The van der Waals surface area contributed by atoms with Gasteiger partial charge in [-0.15, -0.1) is 0 Å². The van der Waals surface area contributed by atoms with Crippen molar-refractivity contribution < 1.29 is 15.0 Å². The van der Waals surface area contributed by atoms with Crippen molar-refractivity contribution in [1.29, 1.82) is 0 Å². The lowest BCUT2D eigenvalue weighted by Crippen LogP contribution is -2.55. The molecule has 2 atom stereocenters. The van der Waals surface area contributed by atoms with Gasteiger partial charge in [0.15, 0.2) is 0 Å². The molecule has 0 aliphatic carbocycles. The van der Waals surface area contributed by atoms with E-state index < -0.39 is 12.2 Å². The summed E-state index contributed by atoms with van der Waals surface area (Å²) in [6.45, 7) is 4.43. The highest BCUT2D eigenvalue weighted by molar-refractivity contribution is 5.65. The molecule has 1 heterocycles. The predicted octanol–water partition coefficient (Wildman–Crippen LogP) is 1.62. The summed E-state index contributed by atoms with van der Waals surface area (Å²) in [6.07, 6.45) is -0.897. The second-order valence-electron chi connectivity index (χ2n) is 5.44. The van der Waals surface area contributed by atoms with E-state index in [2.05, 4.69) is 17.0 Å². The van der Waals surface area contributed by atoms with Crippen LogP contribution in [0.2, 0.25) is 0 Å². The Morgan fingerprint density at radius 1 is 1.35 bits per heavy atom. The quantitative estimate of drug-likeness (QED) is 0.878. The van der Waals surface area contributed by atoms with Gasteiger partial charge in [0.05, 0.1) is 12.1 Å². The second-order valence-corrected chi connectivity index (χ2v) is 5.44. The molecular weight excluding hydrogens is 256 g/mol. The predicted molar refractivity (Wildman–Crippen MR) is 76.5 cm³/mol. The van der Waals surface area contributed by atoms with Gasteiger partial charge in [-0.3, -0.25) is 4.90 Å². The average molecular weight is 278 g/mol. The second kappa shape index (κ2) is 6.72. The minimum Gasteiger partial charge on any atom is -0.465 e. The monoisotopic (exact) mass is 278 g/mol. The first kappa shape index (κ1) is 14.8. The van der Waals surface area contributed by atoms with Crippen molar-refractivity contribution in [2.24, 2.45) is 0 Å². The fourth-order valence-electron chi connectivity index (χ4n) is 2.75. The van der Waals surface area contributed by atoms with Gasteiger partial charge >= 0.3 is 6.09 Å². The Hall–Kier alpha value is -1.59. The number of hydrogen-bond acceptors (Lipinski definition) is 3. The van der Waals surface area contributed by atoms with Crippen LogP contribution in [-0.4, -0.2) is 57.9 Å². The molecule has 1 fully saturated rings. The van der Waals surface area contributed by atoms with Gasteiger partial charge in [0.1, 0.15) is 0 Å². The molecule has 0 spiro atoms. The molecular formula is C15H22N2O3. The number of amides is 1. The van der Waals surface area contributed by atoms with Crippen molar-refractivity contribution in [3.05, 3.63) is 35.9 Å².